The number of rotatable bonds is 2. The summed E-state index contributed by atoms with van der Waals surface area (Å²) in [6, 6.07) is 19.4. The number of aromatic nitrogens is 1. The summed E-state index contributed by atoms with van der Waals surface area (Å²) in [6.07, 6.45) is 2.97. The topological polar surface area (TPSA) is 79.4 Å². The number of carbonyl (C=O) groups is 3. The standard InChI is InChI=1S/C25H19N3O3/c1-25-17-10-4-2-8-15(17)19(16-9-3-5-11-18(16)25)20-21(25)24(31)28(23(20)30)27-22(29)14-7-6-12-26-13-14/h2-13,19-21H,1H3,(H,27,29). The van der Waals surface area contributed by atoms with Gasteiger partial charge in [0.1, 0.15) is 0 Å². The van der Waals surface area contributed by atoms with E-state index in [0.29, 0.717) is 5.56 Å². The third kappa shape index (κ3) is 2.16. The van der Waals surface area contributed by atoms with Gasteiger partial charge in [-0.25, -0.2) is 0 Å². The number of hydrazine groups is 1. The van der Waals surface area contributed by atoms with Crippen molar-refractivity contribution in [2.45, 2.75) is 18.3 Å². The van der Waals surface area contributed by atoms with Gasteiger partial charge in [-0.1, -0.05) is 55.5 Å². The lowest BCUT2D eigenvalue weighted by atomic mass is 9.48. The highest BCUT2D eigenvalue weighted by atomic mass is 16.2. The average Bonchev–Trinajstić information content (AvgIpc) is 3.06. The third-order valence-corrected chi connectivity index (χ3v) is 7.18. The van der Waals surface area contributed by atoms with E-state index in [1.807, 2.05) is 24.3 Å². The molecule has 2 heterocycles. The molecule has 7 rings (SSSR count). The Morgan fingerprint density at radius 3 is 2.19 bits per heavy atom. The van der Waals surface area contributed by atoms with Crippen molar-refractivity contribution in [2.24, 2.45) is 11.8 Å². The molecular weight excluding hydrogens is 390 g/mol. The second kappa shape index (κ2) is 6.11. The van der Waals surface area contributed by atoms with Gasteiger partial charge in [0.25, 0.3) is 17.7 Å². The second-order valence-corrected chi connectivity index (χ2v) is 8.55. The molecule has 3 amide bonds. The summed E-state index contributed by atoms with van der Waals surface area (Å²) in [5, 5.41) is 0.938. The minimum absolute atomic E-state index is 0.212. The van der Waals surface area contributed by atoms with E-state index < -0.39 is 23.2 Å². The molecule has 152 valence electrons. The van der Waals surface area contributed by atoms with Crippen molar-refractivity contribution < 1.29 is 14.4 Å². The summed E-state index contributed by atoms with van der Waals surface area (Å²) in [6.45, 7) is 2.05. The molecule has 2 unspecified atom stereocenters. The first-order valence-corrected chi connectivity index (χ1v) is 10.3. The molecule has 1 N–H and O–H groups in total. The van der Waals surface area contributed by atoms with Crippen LogP contribution in [0.5, 0.6) is 0 Å². The molecule has 1 aliphatic heterocycles. The van der Waals surface area contributed by atoms with Crippen LogP contribution in [0.3, 0.4) is 0 Å². The highest BCUT2D eigenvalue weighted by Gasteiger charge is 2.66. The number of imide groups is 1. The second-order valence-electron chi connectivity index (χ2n) is 8.55. The van der Waals surface area contributed by atoms with Crippen molar-refractivity contribution in [1.82, 2.24) is 15.4 Å². The van der Waals surface area contributed by atoms with E-state index in [0.717, 1.165) is 27.3 Å². The molecule has 4 aliphatic rings. The van der Waals surface area contributed by atoms with Crippen LogP contribution in [-0.4, -0.2) is 27.7 Å². The number of nitrogens with one attached hydrogen (secondary N) is 1. The quantitative estimate of drug-likeness (QED) is 0.660. The SMILES string of the molecule is CC12c3ccccc3C(c3ccccc31)C1C(=O)N(NC(=O)c3cccnc3)C(=O)C12. The normalized spacial score (nSPS) is 27.5. The Kier molecular flexibility index (Phi) is 3.55. The minimum Gasteiger partial charge on any atom is -0.272 e. The van der Waals surface area contributed by atoms with Crippen LogP contribution in [0.4, 0.5) is 0 Å². The van der Waals surface area contributed by atoms with Gasteiger partial charge >= 0.3 is 0 Å². The zero-order valence-corrected chi connectivity index (χ0v) is 16.8. The Labute approximate surface area is 178 Å². The number of pyridine rings is 1. The van der Waals surface area contributed by atoms with E-state index in [2.05, 4.69) is 41.6 Å². The lowest BCUT2D eigenvalue weighted by molar-refractivity contribution is -0.143. The van der Waals surface area contributed by atoms with E-state index in [1.165, 1.54) is 6.20 Å². The highest BCUT2D eigenvalue weighted by molar-refractivity contribution is 6.10. The maximum atomic E-state index is 13.6. The Morgan fingerprint density at radius 2 is 1.58 bits per heavy atom. The molecular formula is C25H19N3O3. The van der Waals surface area contributed by atoms with E-state index in [9.17, 15) is 14.4 Å². The van der Waals surface area contributed by atoms with Crippen molar-refractivity contribution in [3.8, 4) is 0 Å². The van der Waals surface area contributed by atoms with Crippen molar-refractivity contribution in [2.75, 3.05) is 0 Å². The predicted molar refractivity (Wildman–Crippen MR) is 112 cm³/mol. The van der Waals surface area contributed by atoms with Crippen molar-refractivity contribution in [3.05, 3.63) is 101 Å². The number of carbonyl (C=O) groups excluding carboxylic acids is 3. The van der Waals surface area contributed by atoms with Gasteiger partial charge < -0.3 is 0 Å². The van der Waals surface area contributed by atoms with Gasteiger partial charge in [0.15, 0.2) is 0 Å². The number of hydrogen-bond acceptors (Lipinski definition) is 4. The maximum absolute atomic E-state index is 13.6. The van der Waals surface area contributed by atoms with Crippen molar-refractivity contribution in [1.29, 1.82) is 0 Å². The fraction of sp³-hybridized carbons (Fsp3) is 0.200. The number of amides is 3. The van der Waals surface area contributed by atoms with Crippen LogP contribution in [0, 0.1) is 11.8 Å². The fourth-order valence-corrected chi connectivity index (χ4v) is 5.92. The molecule has 6 heteroatoms. The first-order valence-electron chi connectivity index (χ1n) is 10.3. The summed E-state index contributed by atoms with van der Waals surface area (Å²) in [5.74, 6) is -2.56. The largest absolute Gasteiger partial charge is 0.272 e. The van der Waals surface area contributed by atoms with E-state index in [4.69, 9.17) is 0 Å². The number of hydrogen-bond donors (Lipinski definition) is 1. The van der Waals surface area contributed by atoms with Gasteiger partial charge in [0, 0.05) is 23.7 Å². The average molecular weight is 409 g/mol. The van der Waals surface area contributed by atoms with Gasteiger partial charge in [-0.15, -0.1) is 0 Å². The van der Waals surface area contributed by atoms with E-state index >= 15 is 0 Å². The van der Waals surface area contributed by atoms with E-state index in [1.54, 1.807) is 18.3 Å². The van der Waals surface area contributed by atoms with Crippen LogP contribution in [0.1, 0.15) is 45.5 Å². The van der Waals surface area contributed by atoms with Crippen LogP contribution in [-0.2, 0) is 15.0 Å². The third-order valence-electron chi connectivity index (χ3n) is 7.18. The molecule has 2 aromatic carbocycles. The van der Waals surface area contributed by atoms with Gasteiger partial charge in [-0.3, -0.25) is 24.8 Å². The van der Waals surface area contributed by atoms with Crippen LogP contribution in [0.2, 0.25) is 0 Å². The molecule has 0 spiro atoms. The molecule has 3 aliphatic carbocycles. The summed E-state index contributed by atoms with van der Waals surface area (Å²) in [4.78, 5) is 43.8. The summed E-state index contributed by atoms with van der Waals surface area (Å²) in [5.41, 5.74) is 6.54. The Balaban J connectivity index is 1.48. The van der Waals surface area contributed by atoms with Gasteiger partial charge in [-0.05, 0) is 34.4 Å². The molecule has 1 saturated heterocycles. The predicted octanol–water partition coefficient (Wildman–Crippen LogP) is 2.79. The lowest BCUT2D eigenvalue weighted by Gasteiger charge is -2.52. The Hall–Kier alpha value is -3.80. The summed E-state index contributed by atoms with van der Waals surface area (Å²) < 4.78 is 0. The Bertz CT molecular complexity index is 1220. The zero-order chi connectivity index (χ0) is 21.3. The van der Waals surface area contributed by atoms with E-state index in [-0.39, 0.29) is 17.7 Å². The molecule has 1 aromatic heterocycles. The monoisotopic (exact) mass is 409 g/mol. The summed E-state index contributed by atoms with van der Waals surface area (Å²) >= 11 is 0. The highest BCUT2D eigenvalue weighted by Crippen LogP contribution is 2.63. The van der Waals surface area contributed by atoms with Crippen LogP contribution in [0.15, 0.2) is 73.1 Å². The first-order chi connectivity index (χ1) is 15.0. The number of nitrogens with zero attached hydrogens (tertiary/aromatic N) is 2. The van der Waals surface area contributed by atoms with Crippen LogP contribution >= 0.6 is 0 Å². The lowest BCUT2D eigenvalue weighted by Crippen LogP contribution is -2.52. The smallest absolute Gasteiger partial charge is 0.271 e. The van der Waals surface area contributed by atoms with Crippen LogP contribution in [0.25, 0.3) is 0 Å². The first kappa shape index (κ1) is 18.0. The molecule has 6 nitrogen and oxygen atoms in total. The maximum Gasteiger partial charge on any atom is 0.271 e. The molecule has 2 bridgehead atoms. The zero-order valence-electron chi connectivity index (χ0n) is 16.8. The Morgan fingerprint density at radius 1 is 0.935 bits per heavy atom. The molecule has 0 radical (unpaired) electrons. The minimum atomic E-state index is -0.646. The molecule has 1 fully saturated rings. The number of benzene rings is 2. The summed E-state index contributed by atoms with van der Waals surface area (Å²) in [7, 11) is 0. The van der Waals surface area contributed by atoms with Gasteiger partial charge in [0.2, 0.25) is 0 Å². The van der Waals surface area contributed by atoms with Crippen LogP contribution < -0.4 is 5.43 Å². The fourth-order valence-electron chi connectivity index (χ4n) is 5.92. The molecule has 31 heavy (non-hydrogen) atoms. The van der Waals surface area contributed by atoms with Crippen molar-refractivity contribution in [3.63, 3.8) is 0 Å². The molecule has 0 saturated carbocycles. The molecule has 2 atom stereocenters. The van der Waals surface area contributed by atoms with Gasteiger partial charge in [0.05, 0.1) is 17.4 Å². The van der Waals surface area contributed by atoms with Gasteiger partial charge in [-0.2, -0.15) is 5.01 Å². The molecule has 3 aromatic rings. The van der Waals surface area contributed by atoms with Crippen molar-refractivity contribution >= 4 is 17.7 Å².